The molecule has 0 fully saturated rings. The number of aldehydes is 1. The molecule has 0 aliphatic carbocycles. The van der Waals surface area contributed by atoms with Gasteiger partial charge in [0.1, 0.15) is 42.7 Å². The highest BCUT2D eigenvalue weighted by Crippen LogP contribution is 2.37. The molecule has 0 unspecified atom stereocenters. The van der Waals surface area contributed by atoms with Gasteiger partial charge in [-0.3, -0.25) is 9.59 Å². The third kappa shape index (κ3) is 6.33. The maximum atomic E-state index is 13.4. The van der Waals surface area contributed by atoms with Crippen LogP contribution in [-0.2, 0) is 9.53 Å². The molecule has 39 heavy (non-hydrogen) atoms. The smallest absolute Gasteiger partial charge is 0.375 e. The van der Waals surface area contributed by atoms with Gasteiger partial charge in [0.15, 0.2) is 12.0 Å². The fraction of sp³-hybridized carbons (Fsp3) is 0.231. The molecule has 0 radical (unpaired) electrons. The van der Waals surface area contributed by atoms with Crippen LogP contribution in [0.3, 0.4) is 0 Å². The molecule has 0 saturated heterocycles. The Morgan fingerprint density at radius 1 is 1.10 bits per heavy atom. The number of carbonyl (C=O) groups excluding carboxylic acids is 2. The Labute approximate surface area is 220 Å². The minimum absolute atomic E-state index is 0.0151. The van der Waals surface area contributed by atoms with E-state index in [9.17, 15) is 29.0 Å². The Morgan fingerprint density at radius 2 is 1.87 bits per heavy atom. The summed E-state index contributed by atoms with van der Waals surface area (Å²) in [5.74, 6) is -1.90. The summed E-state index contributed by atoms with van der Waals surface area (Å²) in [6.07, 6.45) is 1.67. The van der Waals surface area contributed by atoms with Crippen molar-refractivity contribution in [3.63, 3.8) is 0 Å². The van der Waals surface area contributed by atoms with E-state index in [4.69, 9.17) is 18.3 Å². The first-order valence-electron chi connectivity index (χ1n) is 11.5. The zero-order chi connectivity index (χ0) is 27.9. The van der Waals surface area contributed by atoms with Gasteiger partial charge >= 0.3 is 11.9 Å². The molecular formula is C26H23FN2O10. The van der Waals surface area contributed by atoms with Crippen LogP contribution in [0, 0.1) is 5.82 Å². The Bertz CT molecular complexity index is 1500. The summed E-state index contributed by atoms with van der Waals surface area (Å²) in [5.41, 5.74) is 0.690. The number of ether oxygens (including phenoxy) is 3. The highest BCUT2D eigenvalue weighted by atomic mass is 19.1. The summed E-state index contributed by atoms with van der Waals surface area (Å²) in [6.45, 7) is -0.831. The van der Waals surface area contributed by atoms with Gasteiger partial charge in [0.2, 0.25) is 5.76 Å². The van der Waals surface area contributed by atoms with E-state index in [2.05, 4.69) is 9.72 Å². The van der Waals surface area contributed by atoms with Crippen molar-refractivity contribution in [2.45, 2.75) is 0 Å². The highest BCUT2D eigenvalue weighted by Gasteiger charge is 2.21. The summed E-state index contributed by atoms with van der Waals surface area (Å²) in [6, 6.07) is 8.27. The number of oxazole rings is 1. The van der Waals surface area contributed by atoms with Crippen molar-refractivity contribution in [2.75, 3.05) is 44.9 Å². The van der Waals surface area contributed by atoms with Crippen LogP contribution in [0.15, 0.2) is 51.4 Å². The van der Waals surface area contributed by atoms with Crippen molar-refractivity contribution in [1.82, 2.24) is 4.98 Å². The number of esters is 1. The fourth-order valence-corrected chi connectivity index (χ4v) is 3.72. The Kier molecular flexibility index (Phi) is 8.41. The number of hydrogen-bond acceptors (Lipinski definition) is 11. The number of carbonyl (C=O) groups is 3. The normalized spacial score (nSPS) is 10.8. The second-order valence-corrected chi connectivity index (χ2v) is 8.03. The van der Waals surface area contributed by atoms with Gasteiger partial charge in [-0.25, -0.2) is 14.2 Å². The van der Waals surface area contributed by atoms with Gasteiger partial charge < -0.3 is 38.2 Å². The van der Waals surface area contributed by atoms with E-state index in [1.165, 1.54) is 24.3 Å². The molecule has 2 heterocycles. The molecular weight excluding hydrogens is 519 g/mol. The molecule has 4 rings (SSSR count). The number of anilines is 1. The van der Waals surface area contributed by atoms with Crippen molar-refractivity contribution in [2.24, 2.45) is 0 Å². The third-order valence-electron chi connectivity index (χ3n) is 5.43. The zero-order valence-corrected chi connectivity index (χ0v) is 20.6. The van der Waals surface area contributed by atoms with Crippen LogP contribution in [-0.4, -0.2) is 73.4 Å². The minimum Gasteiger partial charge on any atom is -0.489 e. The van der Waals surface area contributed by atoms with Gasteiger partial charge in [0.25, 0.3) is 5.89 Å². The van der Waals surface area contributed by atoms with Gasteiger partial charge in [0.05, 0.1) is 31.2 Å². The monoisotopic (exact) mass is 542 g/mol. The summed E-state index contributed by atoms with van der Waals surface area (Å²) in [7, 11) is 1.20. The Balaban J connectivity index is 1.62. The number of methoxy groups -OCH3 is 1. The van der Waals surface area contributed by atoms with E-state index >= 15 is 0 Å². The first kappa shape index (κ1) is 27.1. The standard InChI is InChI=1S/C26H23FN2O10/c1-35-26(34)23-12-28-25(39-23)22-10-15-9-21(18(11-20(15)38-22)29(4-5-30)13-24(32)33)37-7-6-36-19-3-2-17(27)8-16(19)14-31/h2-3,8-12,14,30H,4-7,13H2,1H3,(H,32,33). The lowest BCUT2D eigenvalue weighted by Gasteiger charge is -2.24. The summed E-state index contributed by atoms with van der Waals surface area (Å²) in [5, 5.41) is 19.4. The molecule has 0 atom stereocenters. The lowest BCUT2D eigenvalue weighted by atomic mass is 10.2. The number of carboxylic acids is 1. The summed E-state index contributed by atoms with van der Waals surface area (Å²) in [4.78, 5) is 39.8. The largest absolute Gasteiger partial charge is 0.489 e. The van der Waals surface area contributed by atoms with Crippen LogP contribution >= 0.6 is 0 Å². The Morgan fingerprint density at radius 3 is 2.56 bits per heavy atom. The molecule has 0 spiro atoms. The van der Waals surface area contributed by atoms with Crippen molar-refractivity contribution < 1.29 is 52.0 Å². The van der Waals surface area contributed by atoms with Gasteiger partial charge in [-0.2, -0.15) is 0 Å². The number of halogens is 1. The molecule has 0 amide bonds. The molecule has 2 N–H and O–H groups in total. The lowest BCUT2D eigenvalue weighted by Crippen LogP contribution is -2.32. The van der Waals surface area contributed by atoms with Crippen LogP contribution in [0.5, 0.6) is 11.5 Å². The van der Waals surface area contributed by atoms with Gasteiger partial charge in [-0.15, -0.1) is 0 Å². The number of furan rings is 1. The van der Waals surface area contributed by atoms with Crippen molar-refractivity contribution in [3.05, 3.63) is 59.7 Å². The first-order chi connectivity index (χ1) is 18.8. The maximum Gasteiger partial charge on any atom is 0.375 e. The van der Waals surface area contributed by atoms with E-state index in [0.29, 0.717) is 22.9 Å². The summed E-state index contributed by atoms with van der Waals surface area (Å²) < 4.78 is 40.7. The second-order valence-electron chi connectivity index (χ2n) is 8.03. The van der Waals surface area contributed by atoms with Crippen molar-refractivity contribution >= 4 is 34.9 Å². The van der Waals surface area contributed by atoms with E-state index in [1.54, 1.807) is 18.2 Å². The first-order valence-corrected chi connectivity index (χ1v) is 11.5. The number of benzene rings is 2. The van der Waals surface area contributed by atoms with Crippen LogP contribution in [0.1, 0.15) is 20.9 Å². The molecule has 2 aromatic carbocycles. The number of rotatable bonds is 13. The van der Waals surface area contributed by atoms with Crippen LogP contribution in [0.2, 0.25) is 0 Å². The molecule has 204 valence electrons. The van der Waals surface area contributed by atoms with Gasteiger partial charge in [-0.1, -0.05) is 0 Å². The van der Waals surface area contributed by atoms with E-state index in [0.717, 1.165) is 12.1 Å². The number of aliphatic hydroxyl groups is 1. The molecule has 2 aromatic heterocycles. The number of aliphatic carboxylic acids is 1. The molecule has 0 saturated carbocycles. The van der Waals surface area contributed by atoms with Crippen molar-refractivity contribution in [1.29, 1.82) is 0 Å². The number of aliphatic hydroxyl groups excluding tert-OH is 1. The topological polar surface area (TPSA) is 162 Å². The maximum absolute atomic E-state index is 13.4. The fourth-order valence-electron chi connectivity index (χ4n) is 3.72. The molecule has 13 heteroatoms. The van der Waals surface area contributed by atoms with E-state index < -0.39 is 24.3 Å². The molecule has 4 aromatic rings. The van der Waals surface area contributed by atoms with E-state index in [1.807, 2.05) is 0 Å². The van der Waals surface area contributed by atoms with E-state index in [-0.39, 0.29) is 60.8 Å². The van der Waals surface area contributed by atoms with Crippen LogP contribution in [0.25, 0.3) is 22.6 Å². The molecule has 0 aliphatic heterocycles. The van der Waals surface area contributed by atoms with Crippen molar-refractivity contribution in [3.8, 4) is 23.1 Å². The van der Waals surface area contributed by atoms with Gasteiger partial charge in [0, 0.05) is 18.0 Å². The average molecular weight is 542 g/mol. The number of carboxylic acid groups (broad SMARTS) is 1. The molecule has 12 nitrogen and oxygen atoms in total. The Hall–Kier alpha value is -4.91. The third-order valence-corrected chi connectivity index (χ3v) is 5.43. The molecule has 0 aliphatic rings. The quantitative estimate of drug-likeness (QED) is 0.144. The zero-order valence-electron chi connectivity index (χ0n) is 20.6. The highest BCUT2D eigenvalue weighted by molar-refractivity contribution is 5.89. The van der Waals surface area contributed by atoms with Crippen LogP contribution in [0.4, 0.5) is 10.1 Å². The van der Waals surface area contributed by atoms with Gasteiger partial charge in [-0.05, 0) is 30.3 Å². The average Bonchev–Trinajstić information content (AvgIpc) is 3.57. The lowest BCUT2D eigenvalue weighted by molar-refractivity contribution is -0.135. The number of aromatic nitrogens is 1. The van der Waals surface area contributed by atoms with Crippen LogP contribution < -0.4 is 14.4 Å². The SMILES string of the molecule is COC(=O)c1cnc(-c2cc3cc(OCCOc4ccc(F)cc4C=O)c(N(CCO)CC(=O)O)cc3o2)o1. The predicted molar refractivity (Wildman–Crippen MR) is 133 cm³/mol. The minimum atomic E-state index is -1.13. The number of fused-ring (bicyclic) bond motifs is 1. The molecule has 0 bridgehead atoms. The summed E-state index contributed by atoms with van der Waals surface area (Å²) >= 11 is 0. The second kappa shape index (κ2) is 12.1. The predicted octanol–water partition coefficient (Wildman–Crippen LogP) is 3.17. The number of hydrogen-bond donors (Lipinski definition) is 2. The number of nitrogens with zero attached hydrogens (tertiary/aromatic N) is 2.